The third kappa shape index (κ3) is 5.58. The van der Waals surface area contributed by atoms with Crippen LogP contribution in [0.3, 0.4) is 0 Å². The molecule has 17 heteroatoms. The van der Waals surface area contributed by atoms with Crippen LogP contribution in [0.4, 0.5) is 13.2 Å². The van der Waals surface area contributed by atoms with E-state index in [1.165, 1.54) is 43.4 Å². The van der Waals surface area contributed by atoms with Crippen LogP contribution in [0, 0.1) is 19.3 Å². The number of rotatable bonds is 7. The minimum atomic E-state index is -4.60. The number of thioether (sulfide) groups is 1. The Morgan fingerprint density at radius 1 is 1.27 bits per heavy atom. The van der Waals surface area contributed by atoms with Crippen molar-refractivity contribution in [1.29, 1.82) is 5.41 Å². The van der Waals surface area contributed by atoms with E-state index in [0.29, 0.717) is 5.82 Å². The molecule has 4 aromatic rings. The third-order valence-corrected chi connectivity index (χ3v) is 6.59. The highest BCUT2D eigenvalue weighted by Crippen LogP contribution is 2.32. The van der Waals surface area contributed by atoms with Gasteiger partial charge in [-0.3, -0.25) is 24.5 Å². The molecule has 0 fully saturated rings. The molecule has 4 rings (SSSR count). The SMILES string of the molecule is Cc1noc(Cn2c(=O)c3c(ncn3[C@@H](C)C(=O)N/C=C/SC(=N)c3cnc(C)c(C(F)(F)F)c3)n(C)c2=O)n1. The van der Waals surface area contributed by atoms with E-state index in [-0.39, 0.29) is 39.9 Å². The van der Waals surface area contributed by atoms with Crippen LogP contribution in [0.2, 0.25) is 0 Å². The van der Waals surface area contributed by atoms with Crippen LogP contribution in [-0.2, 0) is 24.6 Å². The molecule has 0 aliphatic carbocycles. The Labute approximate surface area is 227 Å². The van der Waals surface area contributed by atoms with Crippen LogP contribution in [0.1, 0.15) is 41.5 Å². The van der Waals surface area contributed by atoms with Gasteiger partial charge in [-0.25, -0.2) is 14.3 Å². The number of imidazole rings is 1. The summed E-state index contributed by atoms with van der Waals surface area (Å²) in [4.78, 5) is 50.7. The number of nitrogens with one attached hydrogen (secondary N) is 2. The van der Waals surface area contributed by atoms with Crippen molar-refractivity contribution in [3.63, 3.8) is 0 Å². The molecule has 0 unspecified atom stereocenters. The van der Waals surface area contributed by atoms with E-state index in [2.05, 4.69) is 25.4 Å². The largest absolute Gasteiger partial charge is 0.418 e. The summed E-state index contributed by atoms with van der Waals surface area (Å²) in [5, 5.41) is 15.3. The zero-order chi connectivity index (χ0) is 29.4. The van der Waals surface area contributed by atoms with Crippen molar-refractivity contribution in [3.05, 3.63) is 79.6 Å². The molecule has 40 heavy (non-hydrogen) atoms. The van der Waals surface area contributed by atoms with Crippen molar-refractivity contribution >= 4 is 33.9 Å². The Morgan fingerprint density at radius 2 is 2.00 bits per heavy atom. The molecule has 13 nitrogen and oxygen atoms in total. The maximum atomic E-state index is 13.2. The molecule has 0 aliphatic rings. The number of fused-ring (bicyclic) bond motifs is 1. The van der Waals surface area contributed by atoms with Gasteiger partial charge in [-0.1, -0.05) is 16.9 Å². The number of aromatic nitrogens is 7. The molecular formula is C23H22F3N9O4S. The van der Waals surface area contributed by atoms with Crippen molar-refractivity contribution in [1.82, 2.24) is 39.1 Å². The van der Waals surface area contributed by atoms with E-state index in [0.717, 1.165) is 33.2 Å². The number of carbonyl (C=O) groups excluding carboxylic acids is 1. The van der Waals surface area contributed by atoms with Crippen molar-refractivity contribution in [2.75, 3.05) is 0 Å². The number of hydrogen-bond donors (Lipinski definition) is 2. The molecule has 0 aromatic carbocycles. The smallest absolute Gasteiger partial charge is 0.337 e. The van der Waals surface area contributed by atoms with Crippen LogP contribution in [0.15, 0.2) is 44.3 Å². The molecule has 4 aromatic heterocycles. The Morgan fingerprint density at radius 3 is 2.65 bits per heavy atom. The van der Waals surface area contributed by atoms with Gasteiger partial charge >= 0.3 is 11.9 Å². The summed E-state index contributed by atoms with van der Waals surface area (Å²) < 4.78 is 47.8. The highest BCUT2D eigenvalue weighted by molar-refractivity contribution is 8.16. The average molecular weight is 578 g/mol. The molecule has 0 aliphatic heterocycles. The number of halogens is 3. The Kier molecular flexibility index (Phi) is 7.77. The Hall–Kier alpha value is -4.54. The van der Waals surface area contributed by atoms with E-state index in [1.807, 2.05) is 0 Å². The van der Waals surface area contributed by atoms with Gasteiger partial charge in [-0.15, -0.1) is 0 Å². The van der Waals surface area contributed by atoms with Gasteiger partial charge in [0.15, 0.2) is 17.0 Å². The highest BCUT2D eigenvalue weighted by atomic mass is 32.2. The second-order valence-electron chi connectivity index (χ2n) is 8.58. The fraction of sp³-hybridized carbons (Fsp3) is 0.304. The zero-order valence-electron chi connectivity index (χ0n) is 21.5. The number of aryl methyl sites for hydroxylation is 3. The topological polar surface area (TPSA) is 167 Å². The van der Waals surface area contributed by atoms with Crippen LogP contribution >= 0.6 is 11.8 Å². The lowest BCUT2D eigenvalue weighted by atomic mass is 10.1. The van der Waals surface area contributed by atoms with Crippen molar-refractivity contribution in [2.45, 2.75) is 39.5 Å². The van der Waals surface area contributed by atoms with Gasteiger partial charge in [-0.05, 0) is 32.2 Å². The first-order valence-electron chi connectivity index (χ1n) is 11.5. The van der Waals surface area contributed by atoms with Crippen LogP contribution in [0.5, 0.6) is 0 Å². The fourth-order valence-electron chi connectivity index (χ4n) is 3.74. The summed E-state index contributed by atoms with van der Waals surface area (Å²) in [6.45, 7) is 4.05. The molecule has 0 saturated heterocycles. The second-order valence-corrected chi connectivity index (χ2v) is 9.50. The van der Waals surface area contributed by atoms with Gasteiger partial charge < -0.3 is 14.4 Å². The summed E-state index contributed by atoms with van der Waals surface area (Å²) in [6, 6.07) is -0.116. The van der Waals surface area contributed by atoms with E-state index in [1.54, 1.807) is 6.92 Å². The van der Waals surface area contributed by atoms with E-state index in [4.69, 9.17) is 9.93 Å². The minimum absolute atomic E-state index is 0.00606. The quantitative estimate of drug-likeness (QED) is 0.247. The number of pyridine rings is 1. The summed E-state index contributed by atoms with van der Waals surface area (Å²) in [7, 11) is 1.43. The normalized spacial score (nSPS) is 12.8. The number of amides is 1. The zero-order valence-corrected chi connectivity index (χ0v) is 22.3. The molecule has 0 radical (unpaired) electrons. The predicted molar refractivity (Wildman–Crippen MR) is 138 cm³/mol. The fourth-order valence-corrected chi connectivity index (χ4v) is 4.26. The monoisotopic (exact) mass is 577 g/mol. The van der Waals surface area contributed by atoms with Crippen LogP contribution in [-0.4, -0.2) is 44.8 Å². The van der Waals surface area contributed by atoms with E-state index >= 15 is 0 Å². The van der Waals surface area contributed by atoms with Gasteiger partial charge in [0.2, 0.25) is 11.8 Å². The lowest BCUT2D eigenvalue weighted by Gasteiger charge is -2.14. The molecular weight excluding hydrogens is 555 g/mol. The van der Waals surface area contributed by atoms with Gasteiger partial charge in [0.25, 0.3) is 5.56 Å². The van der Waals surface area contributed by atoms with E-state index in [9.17, 15) is 27.6 Å². The van der Waals surface area contributed by atoms with Gasteiger partial charge in [-0.2, -0.15) is 18.2 Å². The van der Waals surface area contributed by atoms with Gasteiger partial charge in [0.1, 0.15) is 17.6 Å². The summed E-state index contributed by atoms with van der Waals surface area (Å²) in [5.74, 6) is -0.178. The maximum absolute atomic E-state index is 13.2. The van der Waals surface area contributed by atoms with Crippen molar-refractivity contribution in [2.24, 2.45) is 7.05 Å². The minimum Gasteiger partial charge on any atom is -0.337 e. The lowest BCUT2D eigenvalue weighted by Crippen LogP contribution is -2.40. The van der Waals surface area contributed by atoms with E-state index < -0.39 is 34.9 Å². The maximum Gasteiger partial charge on any atom is 0.418 e. The van der Waals surface area contributed by atoms with Gasteiger partial charge in [0.05, 0.1) is 11.9 Å². The predicted octanol–water partition coefficient (Wildman–Crippen LogP) is 2.27. The summed E-state index contributed by atoms with van der Waals surface area (Å²) in [6.07, 6.45) is -0.960. The van der Waals surface area contributed by atoms with Crippen molar-refractivity contribution in [3.8, 4) is 0 Å². The molecule has 0 saturated carbocycles. The Bertz CT molecular complexity index is 1770. The lowest BCUT2D eigenvalue weighted by molar-refractivity contribution is -0.138. The second kappa shape index (κ2) is 10.9. The Balaban J connectivity index is 1.50. The molecule has 0 spiro atoms. The average Bonchev–Trinajstić information content (AvgIpc) is 3.53. The van der Waals surface area contributed by atoms with Crippen LogP contribution in [0.25, 0.3) is 11.2 Å². The molecule has 210 valence electrons. The molecule has 1 atom stereocenters. The number of alkyl halides is 3. The molecule has 0 bridgehead atoms. The standard InChI is InChI=1S/C23H22F3N9O4S/c1-11-15(23(24,25)26)7-14(8-29-11)18(27)40-6-5-28-20(36)12(2)35-10-30-19-17(35)21(37)34(22(38)33(19)4)9-16-31-13(3)32-39-16/h5-8,10,12,27H,9H2,1-4H3,(H,28,36)/b6-5+,27-18?/t12-/m0/s1. The van der Waals surface area contributed by atoms with Gasteiger partial charge in [0, 0.05) is 30.7 Å². The molecule has 2 N–H and O–H groups in total. The first kappa shape index (κ1) is 28.5. The highest BCUT2D eigenvalue weighted by Gasteiger charge is 2.33. The number of hydrogen-bond acceptors (Lipinski definition) is 10. The molecule has 4 heterocycles. The first-order valence-corrected chi connectivity index (χ1v) is 12.4. The number of carbonyl (C=O) groups is 1. The third-order valence-electron chi connectivity index (χ3n) is 5.85. The number of nitrogens with zero attached hydrogens (tertiary/aromatic N) is 7. The molecule has 1 amide bonds. The van der Waals surface area contributed by atoms with Crippen LogP contribution < -0.4 is 16.6 Å². The first-order chi connectivity index (χ1) is 18.8. The summed E-state index contributed by atoms with van der Waals surface area (Å²) >= 11 is 0.769. The van der Waals surface area contributed by atoms with Crippen molar-refractivity contribution < 1.29 is 22.5 Å². The summed E-state index contributed by atoms with van der Waals surface area (Å²) in [5.41, 5.74) is -2.48.